The van der Waals surface area contributed by atoms with Gasteiger partial charge in [-0.2, -0.15) is 5.10 Å². The Kier molecular flexibility index (Phi) is 6.72. The van der Waals surface area contributed by atoms with Gasteiger partial charge < -0.3 is 15.1 Å². The summed E-state index contributed by atoms with van der Waals surface area (Å²) in [5.41, 5.74) is 2.64. The van der Waals surface area contributed by atoms with Gasteiger partial charge in [-0.15, -0.1) is 24.8 Å². The summed E-state index contributed by atoms with van der Waals surface area (Å²) in [6.07, 6.45) is 3.82. The van der Waals surface area contributed by atoms with Gasteiger partial charge in [0.05, 0.1) is 23.5 Å². The topological polar surface area (TPSA) is 53.4 Å². The number of anilines is 2. The number of hydrogen-bond acceptors (Lipinski definition) is 4. The van der Waals surface area contributed by atoms with E-state index in [0.717, 1.165) is 23.5 Å². The summed E-state index contributed by atoms with van der Waals surface area (Å²) in [6, 6.07) is 4.63. The molecule has 4 rings (SSSR count). The molecule has 1 aromatic heterocycles. The van der Waals surface area contributed by atoms with E-state index in [2.05, 4.69) is 10.4 Å². The summed E-state index contributed by atoms with van der Waals surface area (Å²) < 4.78 is 15.4. The average molecular weight is 416 g/mol. The molecule has 148 valence electrons. The predicted molar refractivity (Wildman–Crippen MR) is 109 cm³/mol. The van der Waals surface area contributed by atoms with Gasteiger partial charge in [0.2, 0.25) is 5.91 Å². The van der Waals surface area contributed by atoms with Gasteiger partial charge in [0.1, 0.15) is 5.82 Å². The van der Waals surface area contributed by atoms with Gasteiger partial charge in [-0.1, -0.05) is 0 Å². The lowest BCUT2D eigenvalue weighted by molar-refractivity contribution is -0.122. The van der Waals surface area contributed by atoms with Crippen molar-refractivity contribution in [3.63, 3.8) is 0 Å². The normalized spacial score (nSPS) is 21.3. The number of carbonyl (C=O) groups excluding carboxylic acids is 1. The first kappa shape index (κ1) is 21.5. The first-order valence-corrected chi connectivity index (χ1v) is 8.56. The third-order valence-corrected chi connectivity index (χ3v) is 5.25. The smallest absolute Gasteiger partial charge is 0.232 e. The number of fused-ring (bicyclic) bond motifs is 1. The molecule has 0 bridgehead atoms. The van der Waals surface area contributed by atoms with Crippen LogP contribution in [0.2, 0.25) is 0 Å². The zero-order chi connectivity index (χ0) is 17.6. The highest BCUT2D eigenvalue weighted by atomic mass is 35.5. The Labute approximate surface area is 170 Å². The molecule has 6 nitrogen and oxygen atoms in total. The molecule has 2 aromatic rings. The number of rotatable bonds is 2. The lowest BCUT2D eigenvalue weighted by Crippen LogP contribution is -2.46. The van der Waals surface area contributed by atoms with Crippen molar-refractivity contribution in [1.29, 1.82) is 0 Å². The molecular weight excluding hydrogens is 392 g/mol. The van der Waals surface area contributed by atoms with Crippen molar-refractivity contribution in [2.45, 2.75) is 5.92 Å². The highest BCUT2D eigenvalue weighted by Gasteiger charge is 2.39. The number of halogens is 3. The third kappa shape index (κ3) is 3.90. The largest absolute Gasteiger partial charge is 0.371 e. The van der Waals surface area contributed by atoms with Crippen LogP contribution >= 0.6 is 24.8 Å². The summed E-state index contributed by atoms with van der Waals surface area (Å²) in [5.74, 6) is -0.203. The molecule has 1 N–H and O–H groups in total. The molecule has 0 aliphatic carbocycles. The number of nitrogens with one attached hydrogen (secondary N) is 1. The highest BCUT2D eigenvalue weighted by molar-refractivity contribution is 6.00. The van der Waals surface area contributed by atoms with Gasteiger partial charge in [0.15, 0.2) is 0 Å². The van der Waals surface area contributed by atoms with Gasteiger partial charge in [0.25, 0.3) is 0 Å². The van der Waals surface area contributed by atoms with E-state index in [1.54, 1.807) is 10.7 Å². The molecule has 0 saturated carbocycles. The summed E-state index contributed by atoms with van der Waals surface area (Å²) in [7, 11) is 3.81. The molecule has 0 spiro atoms. The van der Waals surface area contributed by atoms with Crippen molar-refractivity contribution < 1.29 is 9.18 Å². The maximum absolute atomic E-state index is 13.6. The minimum absolute atomic E-state index is 0. The Morgan fingerprint density at radius 2 is 1.96 bits per heavy atom. The molecule has 27 heavy (non-hydrogen) atoms. The van der Waals surface area contributed by atoms with E-state index in [4.69, 9.17) is 0 Å². The number of likely N-dealkylation sites (N-methyl/N-ethyl adjacent to an activating group) is 1. The van der Waals surface area contributed by atoms with Crippen molar-refractivity contribution in [3.8, 4) is 0 Å². The average Bonchev–Trinajstić information content (AvgIpc) is 3.23. The van der Waals surface area contributed by atoms with Gasteiger partial charge in [0, 0.05) is 52.4 Å². The Morgan fingerprint density at radius 3 is 2.67 bits per heavy atom. The van der Waals surface area contributed by atoms with Crippen molar-refractivity contribution in [2.75, 3.05) is 43.0 Å². The molecule has 0 radical (unpaired) electrons. The number of benzene rings is 1. The fourth-order valence-electron chi connectivity index (χ4n) is 3.87. The zero-order valence-electron chi connectivity index (χ0n) is 15.3. The zero-order valence-corrected chi connectivity index (χ0v) is 16.9. The van der Waals surface area contributed by atoms with E-state index in [9.17, 15) is 9.18 Å². The summed E-state index contributed by atoms with van der Waals surface area (Å²) in [6.45, 7) is 2.73. The molecule has 3 heterocycles. The monoisotopic (exact) mass is 415 g/mol. The fraction of sp³-hybridized carbons (Fsp3) is 0.444. The Hall–Kier alpha value is -1.83. The van der Waals surface area contributed by atoms with E-state index in [1.165, 1.54) is 12.1 Å². The molecule has 1 fully saturated rings. The fourth-order valence-corrected chi connectivity index (χ4v) is 3.87. The van der Waals surface area contributed by atoms with Crippen LogP contribution in [-0.4, -0.2) is 48.9 Å². The second kappa shape index (κ2) is 8.46. The van der Waals surface area contributed by atoms with Crippen LogP contribution in [0.4, 0.5) is 15.8 Å². The van der Waals surface area contributed by atoms with Crippen LogP contribution in [0.25, 0.3) is 0 Å². The Morgan fingerprint density at radius 1 is 1.19 bits per heavy atom. The molecule has 0 unspecified atom stereocenters. The summed E-state index contributed by atoms with van der Waals surface area (Å²) in [4.78, 5) is 17.1. The van der Waals surface area contributed by atoms with Crippen molar-refractivity contribution in [2.24, 2.45) is 13.0 Å². The van der Waals surface area contributed by atoms with E-state index in [-0.39, 0.29) is 48.4 Å². The lowest BCUT2D eigenvalue weighted by atomic mass is 9.89. The van der Waals surface area contributed by atoms with Crippen LogP contribution in [0, 0.1) is 11.7 Å². The summed E-state index contributed by atoms with van der Waals surface area (Å²) in [5, 5.41) is 7.58. The number of amides is 1. The van der Waals surface area contributed by atoms with Crippen molar-refractivity contribution in [1.82, 2.24) is 15.1 Å². The van der Waals surface area contributed by atoms with Crippen LogP contribution < -0.4 is 15.1 Å². The molecule has 1 aromatic carbocycles. The minimum Gasteiger partial charge on any atom is -0.371 e. The molecule has 1 saturated heterocycles. The van der Waals surface area contributed by atoms with Gasteiger partial charge >= 0.3 is 0 Å². The number of nitrogens with zero attached hydrogens (tertiary/aromatic N) is 4. The first-order chi connectivity index (χ1) is 12.0. The Bertz CT molecular complexity index is 815. The molecule has 1 amide bonds. The van der Waals surface area contributed by atoms with E-state index in [0.29, 0.717) is 19.6 Å². The van der Waals surface area contributed by atoms with E-state index >= 15 is 0 Å². The van der Waals surface area contributed by atoms with Gasteiger partial charge in [-0.3, -0.25) is 9.48 Å². The quantitative estimate of drug-likeness (QED) is 0.816. The van der Waals surface area contributed by atoms with Crippen LogP contribution in [0.15, 0.2) is 30.6 Å². The maximum atomic E-state index is 13.6. The Balaban J connectivity index is 0.00000131. The number of hydrogen-bond donors (Lipinski definition) is 1. The second-order valence-electron chi connectivity index (χ2n) is 6.86. The number of aromatic nitrogens is 2. The summed E-state index contributed by atoms with van der Waals surface area (Å²) >= 11 is 0. The second-order valence-corrected chi connectivity index (χ2v) is 6.86. The van der Waals surface area contributed by atoms with E-state index < -0.39 is 0 Å². The highest BCUT2D eigenvalue weighted by Crippen LogP contribution is 2.36. The van der Waals surface area contributed by atoms with Crippen LogP contribution in [-0.2, 0) is 11.8 Å². The van der Waals surface area contributed by atoms with Crippen molar-refractivity contribution >= 4 is 42.1 Å². The van der Waals surface area contributed by atoms with Crippen LogP contribution in [0.3, 0.4) is 0 Å². The van der Waals surface area contributed by atoms with Gasteiger partial charge in [-0.05, 0) is 23.8 Å². The van der Waals surface area contributed by atoms with Crippen molar-refractivity contribution in [3.05, 3.63) is 42.0 Å². The van der Waals surface area contributed by atoms with E-state index in [1.807, 2.05) is 36.3 Å². The van der Waals surface area contributed by atoms with Gasteiger partial charge in [-0.25, -0.2) is 4.39 Å². The standard InChI is InChI=1S/C18H22FN5O.2ClH/c1-22-5-6-24(16-4-3-13(19)7-17(16)22)18(25)15-10-20-9-14(15)12-8-21-23(2)11-12;;/h3-4,7-8,11,14-15,20H,5-6,9-10H2,1-2H3;2*1H/t14-,15+;;/m1../s1. The molecule has 2 atom stereocenters. The van der Waals surface area contributed by atoms with Crippen LogP contribution in [0.5, 0.6) is 0 Å². The molecule has 2 aliphatic heterocycles. The first-order valence-electron chi connectivity index (χ1n) is 8.56. The minimum atomic E-state index is -0.282. The SMILES string of the molecule is CN1CCN(C(=O)[C@H]2CNC[C@@H]2c2cnn(C)c2)c2ccc(F)cc21.Cl.Cl. The maximum Gasteiger partial charge on any atom is 0.232 e. The van der Waals surface area contributed by atoms with Crippen LogP contribution in [0.1, 0.15) is 11.5 Å². The number of carbonyl (C=O) groups is 1. The third-order valence-electron chi connectivity index (χ3n) is 5.25. The lowest BCUT2D eigenvalue weighted by Gasteiger charge is -2.37. The molecule has 2 aliphatic rings. The molecule has 9 heteroatoms. The number of aryl methyl sites for hydroxylation is 1. The predicted octanol–water partition coefficient (Wildman–Crippen LogP) is 2.19. The molecular formula is C18H24Cl2FN5O.